The summed E-state index contributed by atoms with van der Waals surface area (Å²) < 4.78 is 1.17. The van der Waals surface area contributed by atoms with Crippen molar-refractivity contribution in [1.29, 1.82) is 0 Å². The van der Waals surface area contributed by atoms with Crippen molar-refractivity contribution in [2.75, 3.05) is 6.61 Å². The molecule has 0 radical (unpaired) electrons. The molecule has 1 aliphatic rings. The average molecular weight is 285 g/mol. The fraction of sp³-hybridized carbons (Fsp3) is 0.556. The second-order valence-corrected chi connectivity index (χ2v) is 5.31. The largest absolute Gasteiger partial charge is 0.395 e. The number of thioether (sulfide) groups is 1. The molecule has 1 fully saturated rings. The van der Waals surface area contributed by atoms with Crippen molar-refractivity contribution < 1.29 is 10.2 Å². The molecule has 102 valence electrons. The Morgan fingerprint density at radius 1 is 1.58 bits per heavy atom. The maximum Gasteiger partial charge on any atom is 0.329 e. The Morgan fingerprint density at radius 3 is 2.89 bits per heavy atom. The predicted octanol–water partition coefficient (Wildman–Crippen LogP) is -0.817. The van der Waals surface area contributed by atoms with Crippen molar-refractivity contribution in [3.05, 3.63) is 43.5 Å². The quantitative estimate of drug-likeness (QED) is 0.377. The minimum Gasteiger partial charge on any atom is -0.395 e. The SMILES string of the molecule is [N-]=[N+]=N[C@@H]1[C@H](O)[C@@H](CO)S[C@H]1n1ccc(=O)[nH]c1=O. The van der Waals surface area contributed by atoms with E-state index in [1.54, 1.807) is 0 Å². The monoisotopic (exact) mass is 285 g/mol. The van der Waals surface area contributed by atoms with Gasteiger partial charge in [-0.05, 0) is 5.53 Å². The normalized spacial score (nSPS) is 30.0. The number of aliphatic hydroxyl groups excluding tert-OH is 2. The van der Waals surface area contributed by atoms with Crippen LogP contribution in [0.3, 0.4) is 0 Å². The molecule has 3 N–H and O–H groups in total. The van der Waals surface area contributed by atoms with E-state index in [0.717, 1.165) is 17.8 Å². The van der Waals surface area contributed by atoms with E-state index in [1.807, 2.05) is 0 Å². The number of nitrogens with zero attached hydrogens (tertiary/aromatic N) is 4. The summed E-state index contributed by atoms with van der Waals surface area (Å²) in [5.74, 6) is 0. The number of aromatic amines is 1. The van der Waals surface area contributed by atoms with E-state index in [9.17, 15) is 14.7 Å². The first kappa shape index (κ1) is 13.7. The van der Waals surface area contributed by atoms with Gasteiger partial charge in [0.05, 0.1) is 29.4 Å². The molecule has 0 aromatic carbocycles. The van der Waals surface area contributed by atoms with Gasteiger partial charge in [-0.1, -0.05) is 5.11 Å². The third-order valence-electron chi connectivity index (χ3n) is 2.83. The van der Waals surface area contributed by atoms with Crippen LogP contribution in [0.1, 0.15) is 5.37 Å². The summed E-state index contributed by atoms with van der Waals surface area (Å²) in [6.45, 7) is -0.308. The first-order valence-corrected chi connectivity index (χ1v) is 6.33. The third-order valence-corrected chi connectivity index (χ3v) is 4.39. The smallest absolute Gasteiger partial charge is 0.329 e. The minimum atomic E-state index is -1.06. The number of aliphatic hydroxyl groups is 2. The van der Waals surface area contributed by atoms with Crippen LogP contribution >= 0.6 is 11.8 Å². The van der Waals surface area contributed by atoms with E-state index in [1.165, 1.54) is 10.8 Å². The highest BCUT2D eigenvalue weighted by Gasteiger charge is 2.43. The van der Waals surface area contributed by atoms with Crippen molar-refractivity contribution in [3.8, 4) is 0 Å². The molecule has 9 nitrogen and oxygen atoms in total. The van der Waals surface area contributed by atoms with Gasteiger partial charge in [-0.25, -0.2) is 4.79 Å². The molecule has 4 atom stereocenters. The van der Waals surface area contributed by atoms with Crippen LogP contribution in [-0.2, 0) is 0 Å². The average Bonchev–Trinajstić information content (AvgIpc) is 2.68. The lowest BCUT2D eigenvalue weighted by atomic mass is 10.1. The number of nitrogens with one attached hydrogen (secondary N) is 1. The second kappa shape index (κ2) is 5.49. The zero-order valence-electron chi connectivity index (χ0n) is 9.58. The van der Waals surface area contributed by atoms with Gasteiger partial charge in [0, 0.05) is 17.2 Å². The first-order valence-electron chi connectivity index (χ1n) is 5.38. The van der Waals surface area contributed by atoms with Gasteiger partial charge < -0.3 is 10.2 Å². The summed E-state index contributed by atoms with van der Waals surface area (Å²) in [5.41, 5.74) is 7.32. The van der Waals surface area contributed by atoms with Gasteiger partial charge in [0.15, 0.2) is 0 Å². The Labute approximate surface area is 110 Å². The lowest BCUT2D eigenvalue weighted by molar-refractivity contribution is 0.120. The molecule has 0 unspecified atom stereocenters. The number of hydrogen-bond donors (Lipinski definition) is 3. The Hall–Kier alpha value is -1.74. The summed E-state index contributed by atoms with van der Waals surface area (Å²) >= 11 is 1.12. The van der Waals surface area contributed by atoms with E-state index < -0.39 is 34.0 Å². The number of H-pyrrole nitrogens is 1. The standard InChI is InChI=1S/C9H11N5O4S/c10-13-12-6-7(17)4(3-15)19-8(6)14-2-1-5(16)11-9(14)18/h1-2,4,6-8,15,17H,3H2,(H,11,16,18)/t4-,6-,7-,8-/m1/s1. The van der Waals surface area contributed by atoms with Gasteiger partial charge in [0.2, 0.25) is 0 Å². The molecular formula is C9H11N5O4S. The van der Waals surface area contributed by atoms with Crippen LogP contribution in [0.25, 0.3) is 10.4 Å². The zero-order valence-corrected chi connectivity index (χ0v) is 10.4. The molecule has 0 aliphatic carbocycles. The summed E-state index contributed by atoms with van der Waals surface area (Å²) in [7, 11) is 0. The predicted molar refractivity (Wildman–Crippen MR) is 67.8 cm³/mol. The molecule has 2 rings (SSSR count). The van der Waals surface area contributed by atoms with Crippen LogP contribution in [0.4, 0.5) is 0 Å². The summed E-state index contributed by atoms with van der Waals surface area (Å²) in [6.07, 6.45) is 0.209. The second-order valence-electron chi connectivity index (χ2n) is 3.95. The number of azide groups is 1. The van der Waals surface area contributed by atoms with Crippen LogP contribution in [0, 0.1) is 0 Å². The summed E-state index contributed by atoms with van der Waals surface area (Å²) in [6, 6.07) is 0.268. The van der Waals surface area contributed by atoms with Crippen LogP contribution in [-0.4, -0.2) is 43.8 Å². The highest BCUT2D eigenvalue weighted by molar-refractivity contribution is 8.00. The van der Waals surface area contributed by atoms with Gasteiger partial charge in [-0.2, -0.15) is 0 Å². The lowest BCUT2D eigenvalue weighted by Gasteiger charge is -2.17. The molecule has 1 aliphatic heterocycles. The summed E-state index contributed by atoms with van der Waals surface area (Å²) in [5, 5.41) is 21.3. The molecule has 0 bridgehead atoms. The first-order chi connectivity index (χ1) is 9.08. The van der Waals surface area contributed by atoms with Crippen molar-refractivity contribution >= 4 is 11.8 Å². The molecule has 0 spiro atoms. The van der Waals surface area contributed by atoms with Gasteiger partial charge >= 0.3 is 5.69 Å². The highest BCUT2D eigenvalue weighted by atomic mass is 32.2. The molecule has 1 saturated heterocycles. The van der Waals surface area contributed by atoms with Crippen molar-refractivity contribution in [3.63, 3.8) is 0 Å². The lowest BCUT2D eigenvalue weighted by Crippen LogP contribution is -2.36. The van der Waals surface area contributed by atoms with E-state index >= 15 is 0 Å². The molecule has 0 amide bonds. The topological polar surface area (TPSA) is 144 Å². The van der Waals surface area contributed by atoms with Crippen LogP contribution in [0.15, 0.2) is 27.0 Å². The van der Waals surface area contributed by atoms with E-state index in [-0.39, 0.29) is 6.61 Å². The maximum atomic E-state index is 11.7. The van der Waals surface area contributed by atoms with Gasteiger partial charge in [-0.15, -0.1) is 11.8 Å². The van der Waals surface area contributed by atoms with E-state index in [2.05, 4.69) is 15.0 Å². The van der Waals surface area contributed by atoms with E-state index in [4.69, 9.17) is 10.6 Å². The molecule has 1 aromatic rings. The number of aromatic nitrogens is 2. The highest BCUT2D eigenvalue weighted by Crippen LogP contribution is 2.42. The molecular weight excluding hydrogens is 274 g/mol. The molecule has 0 saturated carbocycles. The van der Waals surface area contributed by atoms with Crippen molar-refractivity contribution in [2.45, 2.75) is 22.8 Å². The molecule has 10 heteroatoms. The Kier molecular flexibility index (Phi) is 3.96. The summed E-state index contributed by atoms with van der Waals surface area (Å²) in [4.78, 5) is 27.4. The molecule has 2 heterocycles. The van der Waals surface area contributed by atoms with Crippen LogP contribution in [0.2, 0.25) is 0 Å². The zero-order chi connectivity index (χ0) is 14.0. The van der Waals surface area contributed by atoms with Gasteiger partial charge in [-0.3, -0.25) is 14.3 Å². The maximum absolute atomic E-state index is 11.7. The Bertz CT molecular complexity index is 622. The fourth-order valence-corrected chi connectivity index (χ4v) is 3.36. The molecule has 1 aromatic heterocycles. The van der Waals surface area contributed by atoms with Crippen LogP contribution in [0.5, 0.6) is 0 Å². The fourth-order valence-electron chi connectivity index (χ4n) is 1.92. The molecule has 19 heavy (non-hydrogen) atoms. The van der Waals surface area contributed by atoms with Crippen molar-refractivity contribution in [2.24, 2.45) is 5.11 Å². The number of rotatable bonds is 3. The van der Waals surface area contributed by atoms with Gasteiger partial charge in [0.1, 0.15) is 0 Å². The third kappa shape index (κ3) is 2.51. The number of hydrogen-bond acceptors (Lipinski definition) is 6. The minimum absolute atomic E-state index is 0.308. The van der Waals surface area contributed by atoms with Gasteiger partial charge in [0.25, 0.3) is 5.56 Å². The Morgan fingerprint density at radius 2 is 2.32 bits per heavy atom. The van der Waals surface area contributed by atoms with E-state index in [0.29, 0.717) is 0 Å². The van der Waals surface area contributed by atoms with Crippen LogP contribution < -0.4 is 11.2 Å². The van der Waals surface area contributed by atoms with Crippen molar-refractivity contribution in [1.82, 2.24) is 9.55 Å². The Balaban J connectivity index is 2.44.